The van der Waals surface area contributed by atoms with E-state index in [0.29, 0.717) is 47.9 Å². The molecule has 4 rings (SSSR count). The predicted octanol–water partition coefficient (Wildman–Crippen LogP) is 5.28. The van der Waals surface area contributed by atoms with Gasteiger partial charge >= 0.3 is 12.2 Å². The van der Waals surface area contributed by atoms with Gasteiger partial charge in [-0.3, -0.25) is 15.2 Å². The number of hydrogen-bond acceptors (Lipinski definition) is 5. The number of fused-ring (bicyclic) bond motifs is 1. The van der Waals surface area contributed by atoms with Crippen LogP contribution in [0.15, 0.2) is 54.7 Å². The van der Waals surface area contributed by atoms with Crippen LogP contribution in [-0.2, 0) is 10.9 Å². The van der Waals surface area contributed by atoms with E-state index in [1.807, 2.05) is 0 Å². The summed E-state index contributed by atoms with van der Waals surface area (Å²) in [6, 6.07) is 10.5. The van der Waals surface area contributed by atoms with Gasteiger partial charge in [-0.2, -0.15) is 13.2 Å². The molecule has 0 aliphatic heterocycles. The van der Waals surface area contributed by atoms with Gasteiger partial charge in [0.15, 0.2) is 0 Å². The number of carbonyl (C=O) groups excluding carboxylic acids is 2. The van der Waals surface area contributed by atoms with Gasteiger partial charge in [0.2, 0.25) is 0 Å². The second-order valence-corrected chi connectivity index (χ2v) is 9.64. The van der Waals surface area contributed by atoms with Crippen LogP contribution in [0.25, 0.3) is 10.9 Å². The Bertz CT molecular complexity index is 1310. The number of alkyl halides is 3. The number of halogens is 3. The standard InChI is InChI=1S/C28H31F3N4O4/c1-38-16-25(35(27(32)37)34-26(36)19-7-10-21(39-2)11-8-19)18-5-3-17(4-6-18)22-13-14-33-24-12-9-20(15-23(22)24)28(29,30)31/h7-15,17-18,25H,3-6,16H2,1-2H3,(H2,32,37)(H,34,36). The molecule has 1 unspecified atom stereocenters. The summed E-state index contributed by atoms with van der Waals surface area (Å²) in [6.07, 6.45) is -0.152. The number of hydrazine groups is 1. The van der Waals surface area contributed by atoms with Crippen LogP contribution >= 0.6 is 0 Å². The number of nitrogens with one attached hydrogen (secondary N) is 1. The molecule has 0 radical (unpaired) electrons. The summed E-state index contributed by atoms with van der Waals surface area (Å²) in [5.41, 5.74) is 9.26. The number of pyridine rings is 1. The average molecular weight is 545 g/mol. The van der Waals surface area contributed by atoms with Crippen LogP contribution in [0.4, 0.5) is 18.0 Å². The fraction of sp³-hybridized carbons (Fsp3) is 0.393. The molecule has 11 heteroatoms. The molecule has 8 nitrogen and oxygen atoms in total. The van der Waals surface area contributed by atoms with Crippen molar-refractivity contribution in [3.8, 4) is 5.75 Å². The number of hydrogen-bond donors (Lipinski definition) is 2. The number of nitrogens with two attached hydrogens (primary N) is 1. The third-order valence-electron chi connectivity index (χ3n) is 7.34. The van der Waals surface area contributed by atoms with Crippen molar-refractivity contribution >= 4 is 22.8 Å². The Kier molecular flexibility index (Phi) is 8.59. The minimum absolute atomic E-state index is 0.0225. The fourth-order valence-corrected chi connectivity index (χ4v) is 5.32. The highest BCUT2D eigenvalue weighted by molar-refractivity contribution is 5.95. The maximum Gasteiger partial charge on any atom is 0.416 e. The molecule has 1 saturated carbocycles. The van der Waals surface area contributed by atoms with Gasteiger partial charge in [-0.25, -0.2) is 9.80 Å². The van der Waals surface area contributed by atoms with Gasteiger partial charge in [0, 0.05) is 24.3 Å². The van der Waals surface area contributed by atoms with E-state index in [9.17, 15) is 22.8 Å². The molecular formula is C28H31F3N4O4. The van der Waals surface area contributed by atoms with Gasteiger partial charge in [-0.05, 0) is 91.6 Å². The lowest BCUT2D eigenvalue weighted by Crippen LogP contribution is -2.58. The van der Waals surface area contributed by atoms with E-state index < -0.39 is 29.7 Å². The third-order valence-corrected chi connectivity index (χ3v) is 7.34. The Morgan fingerprint density at radius 2 is 1.77 bits per heavy atom. The Balaban J connectivity index is 1.51. The fourth-order valence-electron chi connectivity index (χ4n) is 5.32. The number of aromatic nitrogens is 1. The van der Waals surface area contributed by atoms with Crippen molar-refractivity contribution < 1.29 is 32.2 Å². The maximum absolute atomic E-state index is 13.4. The van der Waals surface area contributed by atoms with Crippen molar-refractivity contribution in [2.75, 3.05) is 20.8 Å². The number of amides is 3. The van der Waals surface area contributed by atoms with Crippen molar-refractivity contribution in [3.05, 3.63) is 71.4 Å². The highest BCUT2D eigenvalue weighted by Crippen LogP contribution is 2.41. The molecule has 3 N–H and O–H groups in total. The molecular weight excluding hydrogens is 513 g/mol. The predicted molar refractivity (Wildman–Crippen MR) is 139 cm³/mol. The molecule has 0 bridgehead atoms. The number of rotatable bonds is 7. The molecule has 39 heavy (non-hydrogen) atoms. The number of benzene rings is 2. The Hall–Kier alpha value is -3.86. The van der Waals surface area contributed by atoms with Gasteiger partial charge in [-0.15, -0.1) is 0 Å². The minimum atomic E-state index is -4.44. The first kappa shape index (κ1) is 28.2. The van der Waals surface area contributed by atoms with E-state index in [4.69, 9.17) is 15.2 Å². The van der Waals surface area contributed by atoms with E-state index in [1.165, 1.54) is 26.4 Å². The van der Waals surface area contributed by atoms with Crippen molar-refractivity contribution in [2.24, 2.45) is 11.7 Å². The van der Waals surface area contributed by atoms with Gasteiger partial charge in [0.25, 0.3) is 5.91 Å². The molecule has 1 heterocycles. The lowest BCUT2D eigenvalue weighted by atomic mass is 9.75. The summed E-state index contributed by atoms with van der Waals surface area (Å²) >= 11 is 0. The average Bonchev–Trinajstić information content (AvgIpc) is 2.93. The SMILES string of the molecule is COCC(C1CCC(c2ccnc3ccc(C(F)(F)F)cc23)CC1)N(NC(=O)c1ccc(OC)cc1)C(N)=O. The number of primary amides is 1. The Labute approximate surface area is 224 Å². The van der Waals surface area contributed by atoms with Crippen LogP contribution in [0.3, 0.4) is 0 Å². The summed E-state index contributed by atoms with van der Waals surface area (Å²) in [5, 5.41) is 1.62. The van der Waals surface area contributed by atoms with Gasteiger partial charge in [0.1, 0.15) is 5.75 Å². The Morgan fingerprint density at radius 1 is 1.08 bits per heavy atom. The summed E-state index contributed by atoms with van der Waals surface area (Å²) in [6.45, 7) is 0.147. The molecule has 2 aromatic carbocycles. The summed E-state index contributed by atoms with van der Waals surface area (Å²) in [7, 11) is 3.02. The lowest BCUT2D eigenvalue weighted by Gasteiger charge is -2.39. The zero-order chi connectivity index (χ0) is 28.2. The second kappa shape index (κ2) is 11.9. The first-order chi connectivity index (χ1) is 18.6. The van der Waals surface area contributed by atoms with Crippen LogP contribution in [0, 0.1) is 5.92 Å². The normalized spacial score (nSPS) is 18.4. The number of methoxy groups -OCH3 is 2. The summed E-state index contributed by atoms with van der Waals surface area (Å²) in [5.74, 6) is 0.0527. The first-order valence-corrected chi connectivity index (χ1v) is 12.6. The highest BCUT2D eigenvalue weighted by atomic mass is 19.4. The Morgan fingerprint density at radius 3 is 2.36 bits per heavy atom. The smallest absolute Gasteiger partial charge is 0.416 e. The zero-order valence-electron chi connectivity index (χ0n) is 21.7. The summed E-state index contributed by atoms with van der Waals surface area (Å²) in [4.78, 5) is 29.6. The number of ether oxygens (including phenoxy) is 2. The second-order valence-electron chi connectivity index (χ2n) is 9.64. The molecule has 208 valence electrons. The van der Waals surface area contributed by atoms with Crippen molar-refractivity contribution in [1.82, 2.24) is 15.4 Å². The number of nitrogens with zero attached hydrogens (tertiary/aromatic N) is 2. The maximum atomic E-state index is 13.4. The minimum Gasteiger partial charge on any atom is -0.497 e. The van der Waals surface area contributed by atoms with E-state index in [0.717, 1.165) is 16.6 Å². The largest absolute Gasteiger partial charge is 0.497 e. The van der Waals surface area contributed by atoms with Gasteiger partial charge in [0.05, 0.1) is 30.8 Å². The monoisotopic (exact) mass is 544 g/mol. The van der Waals surface area contributed by atoms with Gasteiger partial charge < -0.3 is 15.2 Å². The van der Waals surface area contributed by atoms with Crippen molar-refractivity contribution in [1.29, 1.82) is 0 Å². The molecule has 0 spiro atoms. The van der Waals surface area contributed by atoms with E-state index in [1.54, 1.807) is 36.5 Å². The van der Waals surface area contributed by atoms with Gasteiger partial charge in [-0.1, -0.05) is 0 Å². The van der Waals surface area contributed by atoms with Crippen LogP contribution in [-0.4, -0.2) is 48.8 Å². The number of carbonyl (C=O) groups is 2. The van der Waals surface area contributed by atoms with Crippen LogP contribution < -0.4 is 15.9 Å². The topological polar surface area (TPSA) is 107 Å². The van der Waals surface area contributed by atoms with Crippen LogP contribution in [0.2, 0.25) is 0 Å². The van der Waals surface area contributed by atoms with Crippen LogP contribution in [0.1, 0.15) is 53.1 Å². The molecule has 1 aliphatic rings. The van der Waals surface area contributed by atoms with E-state index >= 15 is 0 Å². The van der Waals surface area contributed by atoms with Crippen molar-refractivity contribution in [3.63, 3.8) is 0 Å². The highest BCUT2D eigenvalue weighted by Gasteiger charge is 2.36. The molecule has 0 saturated heterocycles. The zero-order valence-corrected chi connectivity index (χ0v) is 21.7. The van der Waals surface area contributed by atoms with Crippen LogP contribution in [0.5, 0.6) is 5.75 Å². The summed E-state index contributed by atoms with van der Waals surface area (Å²) < 4.78 is 50.6. The molecule has 1 aromatic heterocycles. The first-order valence-electron chi connectivity index (χ1n) is 12.6. The molecule has 3 amide bonds. The molecule has 1 aliphatic carbocycles. The molecule has 3 aromatic rings. The third kappa shape index (κ3) is 6.42. The van der Waals surface area contributed by atoms with Crippen molar-refractivity contribution in [2.45, 2.75) is 43.8 Å². The number of urea groups is 1. The quantitative estimate of drug-likeness (QED) is 0.394. The van der Waals surface area contributed by atoms with E-state index in [2.05, 4.69) is 10.4 Å². The lowest BCUT2D eigenvalue weighted by molar-refractivity contribution is -0.137. The van der Waals surface area contributed by atoms with E-state index in [-0.39, 0.29) is 18.4 Å². The molecule has 1 atom stereocenters. The molecule has 1 fully saturated rings.